The maximum Gasteiger partial charge on any atom is 0.270 e. The predicted molar refractivity (Wildman–Crippen MR) is 122 cm³/mol. The minimum Gasteiger partial charge on any atom is -0.357 e. The Morgan fingerprint density at radius 2 is 1.93 bits per heavy atom. The largest absolute Gasteiger partial charge is 0.357 e. The molecule has 0 atom stereocenters. The van der Waals surface area contributed by atoms with Gasteiger partial charge in [0.2, 0.25) is 0 Å². The average Bonchev–Trinajstić information content (AvgIpc) is 3.28. The maximum atomic E-state index is 13.0. The molecule has 1 aromatic rings. The predicted octanol–water partition coefficient (Wildman–Crippen LogP) is 3.65. The number of aromatic nitrogens is 1. The summed E-state index contributed by atoms with van der Waals surface area (Å²) in [5.74, 6) is 0.703. The number of hydrogen-bond donors (Lipinski definition) is 0. The van der Waals surface area contributed by atoms with Crippen LogP contribution >= 0.6 is 24.0 Å². The van der Waals surface area contributed by atoms with E-state index >= 15 is 0 Å². The summed E-state index contributed by atoms with van der Waals surface area (Å²) in [6, 6.07) is 2.07. The third-order valence-corrected chi connectivity index (χ3v) is 6.64. The van der Waals surface area contributed by atoms with Gasteiger partial charge in [-0.25, -0.2) is 0 Å². The fourth-order valence-electron chi connectivity index (χ4n) is 3.90. The second kappa shape index (κ2) is 8.72. The van der Waals surface area contributed by atoms with E-state index in [4.69, 9.17) is 12.2 Å². The number of pyridine rings is 1. The highest BCUT2D eigenvalue weighted by Crippen LogP contribution is 2.37. The zero-order valence-electron chi connectivity index (χ0n) is 17.3. The lowest BCUT2D eigenvalue weighted by atomic mass is 10.0. The van der Waals surface area contributed by atoms with E-state index in [0.29, 0.717) is 21.3 Å². The zero-order valence-corrected chi connectivity index (χ0v) is 19.0. The monoisotopic (exact) mass is 430 g/mol. The van der Waals surface area contributed by atoms with Crippen LogP contribution < -0.4 is 10.5 Å². The molecule has 0 aromatic carbocycles. The van der Waals surface area contributed by atoms with Gasteiger partial charge in [0.15, 0.2) is 0 Å². The van der Waals surface area contributed by atoms with Gasteiger partial charge in [0.1, 0.15) is 21.8 Å². The summed E-state index contributed by atoms with van der Waals surface area (Å²) in [6.07, 6.45) is 4.74. The maximum absolute atomic E-state index is 13.0. The summed E-state index contributed by atoms with van der Waals surface area (Å²) in [7, 11) is 0. The molecule has 0 unspecified atom stereocenters. The van der Waals surface area contributed by atoms with Gasteiger partial charge in [-0.15, -0.1) is 0 Å². The van der Waals surface area contributed by atoms with E-state index in [2.05, 4.69) is 11.0 Å². The van der Waals surface area contributed by atoms with Gasteiger partial charge in [-0.2, -0.15) is 5.26 Å². The average molecular weight is 431 g/mol. The molecule has 8 heteroatoms. The van der Waals surface area contributed by atoms with Gasteiger partial charge in [0, 0.05) is 31.2 Å². The first kappa shape index (κ1) is 21.6. The van der Waals surface area contributed by atoms with Gasteiger partial charge in [-0.3, -0.25) is 19.1 Å². The molecule has 29 heavy (non-hydrogen) atoms. The number of carbonyl (C=O) groups excluding carboxylic acids is 1. The highest BCUT2D eigenvalue weighted by Gasteiger charge is 2.35. The third-order valence-electron chi connectivity index (χ3n) is 5.31. The Hall–Kier alpha value is -2.11. The first-order valence-electron chi connectivity index (χ1n) is 10.0. The number of carbonyl (C=O) groups is 1. The van der Waals surface area contributed by atoms with E-state index < -0.39 is 0 Å². The molecule has 0 bridgehead atoms. The van der Waals surface area contributed by atoms with Crippen molar-refractivity contribution >= 4 is 46.1 Å². The van der Waals surface area contributed by atoms with Gasteiger partial charge in [0.25, 0.3) is 11.5 Å². The number of hydrogen-bond acceptors (Lipinski definition) is 6. The van der Waals surface area contributed by atoms with Crippen LogP contribution in [0.15, 0.2) is 9.70 Å². The minimum atomic E-state index is -0.249. The first-order valence-corrected chi connectivity index (χ1v) is 11.2. The standard InChI is InChI=1S/C21H26N4O2S2/c1-5-8-24-18(23-9-6-7-10-23)15(14(4)16(12-22)19(24)26)11-17-20(27)25(13(2)3)21(28)29-17/h11,13H,5-10H2,1-4H3/b17-11+. The van der Waals surface area contributed by atoms with Crippen molar-refractivity contribution in [3.63, 3.8) is 0 Å². The fraction of sp³-hybridized carbons (Fsp3) is 0.524. The Balaban J connectivity index is 2.26. The lowest BCUT2D eigenvalue weighted by Crippen LogP contribution is -2.34. The molecule has 1 amide bonds. The zero-order chi connectivity index (χ0) is 21.3. The van der Waals surface area contributed by atoms with Crippen LogP contribution in [0.3, 0.4) is 0 Å². The highest BCUT2D eigenvalue weighted by molar-refractivity contribution is 8.26. The topological polar surface area (TPSA) is 69.3 Å². The molecule has 0 spiro atoms. The summed E-state index contributed by atoms with van der Waals surface area (Å²) in [5.41, 5.74) is 1.30. The minimum absolute atomic E-state index is 0.0173. The van der Waals surface area contributed by atoms with Crippen LogP contribution in [0.5, 0.6) is 0 Å². The Morgan fingerprint density at radius 1 is 1.28 bits per heavy atom. The molecule has 0 radical (unpaired) electrons. The van der Waals surface area contributed by atoms with Crippen molar-refractivity contribution in [2.75, 3.05) is 18.0 Å². The van der Waals surface area contributed by atoms with Gasteiger partial charge in [-0.1, -0.05) is 30.9 Å². The Morgan fingerprint density at radius 3 is 2.45 bits per heavy atom. The van der Waals surface area contributed by atoms with Crippen LogP contribution in [0.1, 0.15) is 56.7 Å². The van der Waals surface area contributed by atoms with Crippen LogP contribution in [0.4, 0.5) is 5.82 Å². The first-order chi connectivity index (χ1) is 13.8. The fourth-order valence-corrected chi connectivity index (χ4v) is 5.41. The smallest absolute Gasteiger partial charge is 0.270 e. The van der Waals surface area contributed by atoms with Gasteiger partial charge in [-0.05, 0) is 51.7 Å². The molecule has 2 aliphatic heterocycles. The van der Waals surface area contributed by atoms with Gasteiger partial charge >= 0.3 is 0 Å². The van der Waals surface area contributed by atoms with E-state index in [1.165, 1.54) is 11.8 Å². The van der Waals surface area contributed by atoms with E-state index in [1.807, 2.05) is 26.8 Å². The number of anilines is 1. The van der Waals surface area contributed by atoms with E-state index in [0.717, 1.165) is 43.7 Å². The van der Waals surface area contributed by atoms with Crippen LogP contribution in [0.2, 0.25) is 0 Å². The quantitative estimate of drug-likeness (QED) is 0.525. The van der Waals surface area contributed by atoms with Crippen molar-refractivity contribution in [3.8, 4) is 6.07 Å². The van der Waals surface area contributed by atoms with Gasteiger partial charge < -0.3 is 4.90 Å². The second-order valence-electron chi connectivity index (χ2n) is 7.65. The summed E-state index contributed by atoms with van der Waals surface area (Å²) in [4.78, 5) is 30.3. The number of amides is 1. The molecule has 2 fully saturated rings. The molecule has 0 saturated carbocycles. The van der Waals surface area contributed by atoms with Crippen LogP contribution in [-0.4, -0.2) is 38.8 Å². The van der Waals surface area contributed by atoms with Gasteiger partial charge in [0.05, 0.1) is 4.91 Å². The summed E-state index contributed by atoms with van der Waals surface area (Å²) in [5, 5.41) is 9.64. The molecule has 2 aliphatic rings. The normalized spacial score (nSPS) is 18.4. The SMILES string of the molecule is CCCn1c(N2CCCC2)c(/C=C2/SC(=S)N(C(C)C)C2=O)c(C)c(C#N)c1=O. The van der Waals surface area contributed by atoms with Crippen molar-refractivity contribution in [2.24, 2.45) is 0 Å². The molecule has 1 aromatic heterocycles. The number of thiocarbonyl (C=S) groups is 1. The molecular formula is C21H26N4O2S2. The van der Waals surface area contributed by atoms with E-state index in [-0.39, 0.29) is 23.1 Å². The van der Waals surface area contributed by atoms with Crippen molar-refractivity contribution in [1.82, 2.24) is 9.47 Å². The highest BCUT2D eigenvalue weighted by atomic mass is 32.2. The van der Waals surface area contributed by atoms with Crippen molar-refractivity contribution < 1.29 is 4.79 Å². The number of rotatable bonds is 5. The molecule has 0 aliphatic carbocycles. The van der Waals surface area contributed by atoms with Crippen LogP contribution in [0.25, 0.3) is 6.08 Å². The Bertz CT molecular complexity index is 982. The molecular weight excluding hydrogens is 404 g/mol. The lowest BCUT2D eigenvalue weighted by Gasteiger charge is -2.26. The summed E-state index contributed by atoms with van der Waals surface area (Å²) < 4.78 is 2.25. The van der Waals surface area contributed by atoms with Crippen molar-refractivity contribution in [1.29, 1.82) is 5.26 Å². The molecule has 3 heterocycles. The van der Waals surface area contributed by atoms with E-state index in [1.54, 1.807) is 16.4 Å². The molecule has 0 N–H and O–H groups in total. The molecule has 3 rings (SSSR count). The molecule has 154 valence electrons. The number of nitriles is 1. The van der Waals surface area contributed by atoms with Crippen LogP contribution in [-0.2, 0) is 11.3 Å². The number of thioether (sulfide) groups is 1. The Kier molecular flexibility index (Phi) is 6.49. The van der Waals surface area contributed by atoms with Crippen LogP contribution in [0, 0.1) is 18.3 Å². The van der Waals surface area contributed by atoms with Crippen molar-refractivity contribution in [2.45, 2.75) is 59.5 Å². The number of nitrogens with zero attached hydrogens (tertiary/aromatic N) is 4. The molecule has 2 saturated heterocycles. The summed E-state index contributed by atoms with van der Waals surface area (Å²) in [6.45, 7) is 9.94. The van der Waals surface area contributed by atoms with E-state index in [9.17, 15) is 14.9 Å². The lowest BCUT2D eigenvalue weighted by molar-refractivity contribution is -0.123. The van der Waals surface area contributed by atoms with Crippen molar-refractivity contribution in [3.05, 3.63) is 31.9 Å². The third kappa shape index (κ3) is 3.86. The Labute approximate surface area is 181 Å². The molecule has 6 nitrogen and oxygen atoms in total. The summed E-state index contributed by atoms with van der Waals surface area (Å²) >= 11 is 6.69. The second-order valence-corrected chi connectivity index (χ2v) is 9.32.